The summed E-state index contributed by atoms with van der Waals surface area (Å²) in [4.78, 5) is 12.1. The first kappa shape index (κ1) is 17.0. The Balaban J connectivity index is 2.01. The molecular weight excluding hydrogens is 294 g/mol. The SMILES string of the molecule is COC(OC)C(NC(=O)OCc1ccccc1)c1ccccc1. The minimum Gasteiger partial charge on any atom is -0.445 e. The van der Waals surface area contributed by atoms with Crippen molar-refractivity contribution < 1.29 is 19.0 Å². The van der Waals surface area contributed by atoms with Crippen LogP contribution < -0.4 is 5.32 Å². The van der Waals surface area contributed by atoms with Gasteiger partial charge < -0.3 is 19.5 Å². The molecule has 5 nitrogen and oxygen atoms in total. The maximum Gasteiger partial charge on any atom is 0.408 e. The van der Waals surface area contributed by atoms with E-state index < -0.39 is 18.4 Å². The van der Waals surface area contributed by atoms with Gasteiger partial charge >= 0.3 is 6.09 Å². The van der Waals surface area contributed by atoms with Crippen molar-refractivity contribution in [2.24, 2.45) is 0 Å². The Morgan fingerprint density at radius 1 is 0.957 bits per heavy atom. The van der Waals surface area contributed by atoms with Gasteiger partial charge in [-0.15, -0.1) is 0 Å². The van der Waals surface area contributed by atoms with Crippen LogP contribution in [0.2, 0.25) is 0 Å². The second-order valence-corrected chi connectivity index (χ2v) is 4.93. The summed E-state index contributed by atoms with van der Waals surface area (Å²) < 4.78 is 15.8. The van der Waals surface area contributed by atoms with E-state index in [4.69, 9.17) is 14.2 Å². The molecule has 2 aromatic carbocycles. The number of hydrogen-bond acceptors (Lipinski definition) is 4. The fourth-order valence-corrected chi connectivity index (χ4v) is 2.23. The predicted octanol–water partition coefficient (Wildman–Crippen LogP) is 3.27. The van der Waals surface area contributed by atoms with Crippen LogP contribution in [-0.4, -0.2) is 26.6 Å². The highest BCUT2D eigenvalue weighted by Gasteiger charge is 2.25. The summed E-state index contributed by atoms with van der Waals surface area (Å²) in [5.74, 6) is 0. The zero-order valence-corrected chi connectivity index (χ0v) is 13.3. The Kier molecular flexibility index (Phi) is 6.59. The Morgan fingerprint density at radius 3 is 2.09 bits per heavy atom. The molecule has 0 aliphatic rings. The number of carbonyl (C=O) groups excluding carboxylic acids is 1. The van der Waals surface area contributed by atoms with Crippen molar-refractivity contribution in [3.63, 3.8) is 0 Å². The molecule has 122 valence electrons. The lowest BCUT2D eigenvalue weighted by Crippen LogP contribution is -2.38. The third-order valence-corrected chi connectivity index (χ3v) is 3.38. The van der Waals surface area contributed by atoms with E-state index in [1.165, 1.54) is 14.2 Å². The van der Waals surface area contributed by atoms with Gasteiger partial charge in [-0.3, -0.25) is 0 Å². The van der Waals surface area contributed by atoms with E-state index in [2.05, 4.69) is 5.32 Å². The normalized spacial score (nSPS) is 12.0. The van der Waals surface area contributed by atoms with Gasteiger partial charge in [0.15, 0.2) is 6.29 Å². The van der Waals surface area contributed by atoms with Gasteiger partial charge in [0.2, 0.25) is 0 Å². The number of alkyl carbamates (subject to hydrolysis) is 1. The van der Waals surface area contributed by atoms with Crippen molar-refractivity contribution in [1.29, 1.82) is 0 Å². The molecule has 0 aliphatic heterocycles. The number of methoxy groups -OCH3 is 2. The van der Waals surface area contributed by atoms with E-state index >= 15 is 0 Å². The summed E-state index contributed by atoms with van der Waals surface area (Å²) in [6.45, 7) is 0.207. The molecule has 0 aromatic heterocycles. The van der Waals surface area contributed by atoms with Gasteiger partial charge in [0.25, 0.3) is 0 Å². The number of ether oxygens (including phenoxy) is 3. The van der Waals surface area contributed by atoms with Crippen LogP contribution in [0.5, 0.6) is 0 Å². The molecule has 2 rings (SSSR count). The minimum absolute atomic E-state index is 0.207. The zero-order chi connectivity index (χ0) is 16.5. The summed E-state index contributed by atoms with van der Waals surface area (Å²) in [6.07, 6.45) is -1.14. The van der Waals surface area contributed by atoms with Gasteiger partial charge in [0, 0.05) is 14.2 Å². The summed E-state index contributed by atoms with van der Waals surface area (Å²) >= 11 is 0. The molecule has 2 aromatic rings. The van der Waals surface area contributed by atoms with Crippen LogP contribution in [0.15, 0.2) is 60.7 Å². The molecule has 0 bridgehead atoms. The summed E-state index contributed by atoms with van der Waals surface area (Å²) in [5.41, 5.74) is 1.80. The van der Waals surface area contributed by atoms with E-state index in [0.29, 0.717) is 0 Å². The molecule has 1 atom stereocenters. The van der Waals surface area contributed by atoms with Gasteiger partial charge in [-0.2, -0.15) is 0 Å². The van der Waals surface area contributed by atoms with Crippen LogP contribution in [-0.2, 0) is 20.8 Å². The van der Waals surface area contributed by atoms with Crippen LogP contribution >= 0.6 is 0 Å². The molecule has 1 N–H and O–H groups in total. The van der Waals surface area contributed by atoms with Crippen molar-refractivity contribution in [3.8, 4) is 0 Å². The van der Waals surface area contributed by atoms with Crippen molar-refractivity contribution in [1.82, 2.24) is 5.32 Å². The van der Waals surface area contributed by atoms with E-state index in [1.54, 1.807) is 0 Å². The molecule has 1 amide bonds. The quantitative estimate of drug-likeness (QED) is 0.797. The molecule has 0 spiro atoms. The van der Waals surface area contributed by atoms with Crippen LogP contribution in [0.25, 0.3) is 0 Å². The van der Waals surface area contributed by atoms with Crippen molar-refractivity contribution in [2.45, 2.75) is 18.9 Å². The number of amides is 1. The standard InChI is InChI=1S/C18H21NO4/c1-21-17(22-2)16(15-11-7-4-8-12-15)19-18(20)23-13-14-9-5-3-6-10-14/h3-12,16-17H,13H2,1-2H3,(H,19,20). The van der Waals surface area contributed by atoms with E-state index in [-0.39, 0.29) is 6.61 Å². The summed E-state index contributed by atoms with van der Waals surface area (Å²) in [6, 6.07) is 18.5. The summed E-state index contributed by atoms with van der Waals surface area (Å²) in [5, 5.41) is 2.79. The lowest BCUT2D eigenvalue weighted by Gasteiger charge is -2.25. The van der Waals surface area contributed by atoms with Crippen LogP contribution in [0.3, 0.4) is 0 Å². The maximum absolute atomic E-state index is 12.1. The minimum atomic E-state index is -0.610. The fourth-order valence-electron chi connectivity index (χ4n) is 2.23. The molecular formula is C18H21NO4. The Hall–Kier alpha value is -2.37. The van der Waals surface area contributed by atoms with Crippen molar-refractivity contribution in [3.05, 3.63) is 71.8 Å². The van der Waals surface area contributed by atoms with Gasteiger partial charge in [-0.25, -0.2) is 4.79 Å². The van der Waals surface area contributed by atoms with Gasteiger partial charge in [-0.05, 0) is 11.1 Å². The van der Waals surface area contributed by atoms with Crippen molar-refractivity contribution in [2.75, 3.05) is 14.2 Å². The second-order valence-electron chi connectivity index (χ2n) is 4.93. The van der Waals surface area contributed by atoms with E-state index in [0.717, 1.165) is 11.1 Å². The molecule has 0 saturated heterocycles. The van der Waals surface area contributed by atoms with Gasteiger partial charge in [0.1, 0.15) is 12.6 Å². The lowest BCUT2D eigenvalue weighted by atomic mass is 10.1. The maximum atomic E-state index is 12.1. The third kappa shape index (κ3) is 5.09. The van der Waals surface area contributed by atoms with Crippen LogP contribution in [0.4, 0.5) is 4.79 Å². The molecule has 0 saturated carbocycles. The third-order valence-electron chi connectivity index (χ3n) is 3.38. The van der Waals surface area contributed by atoms with Gasteiger partial charge in [0.05, 0.1) is 0 Å². The monoisotopic (exact) mass is 315 g/mol. The first-order chi connectivity index (χ1) is 11.2. The second kappa shape index (κ2) is 8.92. The first-order valence-corrected chi connectivity index (χ1v) is 7.32. The average Bonchev–Trinajstić information content (AvgIpc) is 2.62. The smallest absolute Gasteiger partial charge is 0.408 e. The zero-order valence-electron chi connectivity index (χ0n) is 13.3. The Morgan fingerprint density at radius 2 is 1.52 bits per heavy atom. The highest BCUT2D eigenvalue weighted by atomic mass is 16.7. The Labute approximate surface area is 136 Å². The number of rotatable bonds is 7. The topological polar surface area (TPSA) is 56.8 Å². The largest absolute Gasteiger partial charge is 0.445 e. The lowest BCUT2D eigenvalue weighted by molar-refractivity contribution is -0.123. The molecule has 23 heavy (non-hydrogen) atoms. The number of carbonyl (C=O) groups is 1. The average molecular weight is 315 g/mol. The number of nitrogens with one attached hydrogen (secondary N) is 1. The van der Waals surface area contributed by atoms with Crippen LogP contribution in [0.1, 0.15) is 17.2 Å². The van der Waals surface area contributed by atoms with Crippen molar-refractivity contribution >= 4 is 6.09 Å². The molecule has 5 heteroatoms. The number of hydrogen-bond donors (Lipinski definition) is 1. The highest BCUT2D eigenvalue weighted by molar-refractivity contribution is 5.68. The number of benzene rings is 2. The predicted molar refractivity (Wildman–Crippen MR) is 86.8 cm³/mol. The van der Waals surface area contributed by atoms with E-state index in [9.17, 15) is 4.79 Å². The molecule has 0 heterocycles. The molecule has 0 radical (unpaired) electrons. The first-order valence-electron chi connectivity index (χ1n) is 7.32. The summed E-state index contributed by atoms with van der Waals surface area (Å²) in [7, 11) is 3.06. The molecule has 1 unspecified atom stereocenters. The fraction of sp³-hybridized carbons (Fsp3) is 0.278. The Bertz CT molecular complexity index is 584. The van der Waals surface area contributed by atoms with Crippen LogP contribution in [0, 0.1) is 0 Å². The molecule has 0 fully saturated rings. The highest BCUT2D eigenvalue weighted by Crippen LogP contribution is 2.19. The van der Waals surface area contributed by atoms with E-state index in [1.807, 2.05) is 60.7 Å². The van der Waals surface area contributed by atoms with Gasteiger partial charge in [-0.1, -0.05) is 60.7 Å². The molecule has 0 aliphatic carbocycles.